The summed E-state index contributed by atoms with van der Waals surface area (Å²) in [5.41, 5.74) is 2.78. The number of aromatic nitrogens is 1. The van der Waals surface area contributed by atoms with Gasteiger partial charge in [0.15, 0.2) is 0 Å². The van der Waals surface area contributed by atoms with E-state index >= 15 is 0 Å². The highest BCUT2D eigenvalue weighted by molar-refractivity contribution is 7.16. The number of hydrogen-bond acceptors (Lipinski definition) is 6. The summed E-state index contributed by atoms with van der Waals surface area (Å²) in [7, 11) is 0. The average molecular weight is 539 g/mol. The van der Waals surface area contributed by atoms with Gasteiger partial charge in [-0.3, -0.25) is 9.59 Å². The zero-order valence-corrected chi connectivity index (χ0v) is 23.5. The molecule has 3 aromatic rings. The second kappa shape index (κ2) is 13.4. The van der Waals surface area contributed by atoms with E-state index in [2.05, 4.69) is 58.6 Å². The van der Waals surface area contributed by atoms with E-state index in [1.54, 1.807) is 6.07 Å². The van der Waals surface area contributed by atoms with E-state index in [1.165, 1.54) is 24.8 Å². The lowest BCUT2D eigenvalue weighted by atomic mass is 9.93. The highest BCUT2D eigenvalue weighted by atomic mass is 32.1. The molecule has 0 spiro atoms. The maximum atomic E-state index is 13.4. The van der Waals surface area contributed by atoms with Gasteiger partial charge in [-0.15, -0.1) is 0 Å². The highest BCUT2D eigenvalue weighted by Crippen LogP contribution is 2.28. The smallest absolute Gasteiger partial charge is 0.305 e. The van der Waals surface area contributed by atoms with Crippen molar-refractivity contribution in [2.24, 2.45) is 0 Å². The number of thiazole rings is 1. The second-order valence-electron chi connectivity index (χ2n) is 11.1. The molecule has 1 heterocycles. The van der Waals surface area contributed by atoms with Crippen LogP contribution in [0.15, 0.2) is 47.3 Å². The van der Waals surface area contributed by atoms with Gasteiger partial charge in [0, 0.05) is 37.6 Å². The lowest BCUT2D eigenvalue weighted by Gasteiger charge is -2.35. The van der Waals surface area contributed by atoms with Gasteiger partial charge in [-0.2, -0.15) is 0 Å². The van der Waals surface area contributed by atoms with Gasteiger partial charge in [0.25, 0.3) is 0 Å². The fourth-order valence-corrected chi connectivity index (χ4v) is 6.44. The summed E-state index contributed by atoms with van der Waals surface area (Å²) in [5.74, 6) is 0.341. The van der Waals surface area contributed by atoms with Crippen LogP contribution in [0.25, 0.3) is 10.2 Å². The second-order valence-corrected chi connectivity index (χ2v) is 12.0. The number of phenols is 1. The van der Waals surface area contributed by atoms with Gasteiger partial charge in [0.1, 0.15) is 11.3 Å². The number of carbonyl (C=O) groups is 1. The monoisotopic (exact) mass is 538 g/mol. The van der Waals surface area contributed by atoms with Crippen molar-refractivity contribution in [2.75, 3.05) is 26.2 Å². The third kappa shape index (κ3) is 7.91. The van der Waals surface area contributed by atoms with Crippen LogP contribution < -0.4 is 15.5 Å². The third-order valence-corrected chi connectivity index (χ3v) is 8.46. The Labute approximate surface area is 229 Å². The molecular weight excluding hydrogens is 496 g/mol. The van der Waals surface area contributed by atoms with E-state index in [0.29, 0.717) is 31.1 Å². The van der Waals surface area contributed by atoms with Crippen LogP contribution in [-0.4, -0.2) is 58.7 Å². The van der Waals surface area contributed by atoms with Crippen LogP contribution >= 0.6 is 11.3 Å². The van der Waals surface area contributed by atoms with Crippen molar-refractivity contribution in [3.8, 4) is 5.75 Å². The number of nitrogens with one attached hydrogen (secondary N) is 3. The Morgan fingerprint density at radius 3 is 2.61 bits per heavy atom. The van der Waals surface area contributed by atoms with Crippen LogP contribution in [0.1, 0.15) is 63.5 Å². The van der Waals surface area contributed by atoms with Gasteiger partial charge in [-0.1, -0.05) is 67.0 Å². The molecule has 1 aliphatic carbocycles. The van der Waals surface area contributed by atoms with E-state index in [4.69, 9.17) is 0 Å². The number of nitrogens with zero attached hydrogens (tertiary/aromatic N) is 1. The standard InChI is InChI=1S/C30H42N4O3S/c1-30(2,21-22-9-5-3-6-10-22)32-18-16-26(36)34(24-11-7-4-8-12-24)20-19-31-17-15-23-13-14-25(35)27-28(23)38-29(37)33-27/h3,5-6,9-10,13-14,24,31-32,35H,4,7-8,11-12,15-21H2,1-2H3,(H,33,37). The molecule has 1 saturated carbocycles. The van der Waals surface area contributed by atoms with Crippen LogP contribution in [0, 0.1) is 0 Å². The molecule has 8 heteroatoms. The Morgan fingerprint density at radius 1 is 1.08 bits per heavy atom. The molecule has 1 fully saturated rings. The van der Waals surface area contributed by atoms with Gasteiger partial charge < -0.3 is 25.6 Å². The minimum atomic E-state index is -0.157. The van der Waals surface area contributed by atoms with E-state index < -0.39 is 0 Å². The zero-order valence-electron chi connectivity index (χ0n) is 22.7. The van der Waals surface area contributed by atoms with Crippen molar-refractivity contribution in [1.29, 1.82) is 0 Å². The average Bonchev–Trinajstić information content (AvgIpc) is 3.30. The van der Waals surface area contributed by atoms with E-state index in [-0.39, 0.29) is 22.1 Å². The molecule has 4 rings (SSSR count). The van der Waals surface area contributed by atoms with Crippen LogP contribution in [0.4, 0.5) is 0 Å². The fraction of sp³-hybridized carbons (Fsp3) is 0.533. The molecule has 1 amide bonds. The Balaban J connectivity index is 1.26. The number of H-pyrrole nitrogens is 1. The first-order valence-electron chi connectivity index (χ1n) is 14.0. The molecule has 1 aliphatic rings. The van der Waals surface area contributed by atoms with Crippen molar-refractivity contribution in [2.45, 2.75) is 76.8 Å². The van der Waals surface area contributed by atoms with Crippen LogP contribution in [0.2, 0.25) is 0 Å². The molecule has 0 unspecified atom stereocenters. The summed E-state index contributed by atoms with van der Waals surface area (Å²) in [6.07, 6.45) is 8.02. The maximum Gasteiger partial charge on any atom is 0.305 e. The number of aromatic hydroxyl groups is 1. The number of rotatable bonds is 13. The summed E-state index contributed by atoms with van der Waals surface area (Å²) in [5, 5.41) is 17.1. The fourth-order valence-electron chi connectivity index (χ4n) is 5.54. The molecule has 0 atom stereocenters. The third-order valence-electron chi connectivity index (χ3n) is 7.51. The summed E-state index contributed by atoms with van der Waals surface area (Å²) >= 11 is 1.14. The molecule has 0 aliphatic heterocycles. The van der Waals surface area contributed by atoms with Gasteiger partial charge in [-0.25, -0.2) is 0 Å². The van der Waals surface area contributed by atoms with E-state index in [9.17, 15) is 14.7 Å². The molecular formula is C30H42N4O3S. The number of hydrogen-bond donors (Lipinski definition) is 4. The summed E-state index contributed by atoms with van der Waals surface area (Å²) in [6, 6.07) is 14.3. The molecule has 206 valence electrons. The van der Waals surface area contributed by atoms with Gasteiger partial charge in [-0.05, 0) is 63.3 Å². The Morgan fingerprint density at radius 2 is 1.84 bits per heavy atom. The van der Waals surface area contributed by atoms with E-state index in [0.717, 1.165) is 60.4 Å². The predicted molar refractivity (Wildman–Crippen MR) is 156 cm³/mol. The topological polar surface area (TPSA) is 97.5 Å². The lowest BCUT2D eigenvalue weighted by Crippen LogP contribution is -2.47. The SMILES string of the molecule is CC(C)(Cc1ccccc1)NCCC(=O)N(CCNCCc1ccc(O)c2[nH]c(=O)sc12)C1CCCCC1. The Kier molecular flexibility index (Phi) is 9.99. The first-order chi connectivity index (χ1) is 18.3. The van der Waals surface area contributed by atoms with Crippen LogP contribution in [0.3, 0.4) is 0 Å². The maximum absolute atomic E-state index is 13.4. The number of aromatic amines is 1. The Bertz CT molecular complexity index is 1230. The molecule has 4 N–H and O–H groups in total. The number of fused-ring (bicyclic) bond motifs is 1. The first kappa shape index (κ1) is 28.3. The molecule has 0 saturated heterocycles. The van der Waals surface area contributed by atoms with Crippen molar-refractivity contribution in [3.63, 3.8) is 0 Å². The molecule has 0 radical (unpaired) electrons. The van der Waals surface area contributed by atoms with Crippen molar-refractivity contribution in [1.82, 2.24) is 20.5 Å². The van der Waals surface area contributed by atoms with Crippen LogP contribution in [-0.2, 0) is 17.6 Å². The normalized spacial score (nSPS) is 14.7. The van der Waals surface area contributed by atoms with Gasteiger partial charge >= 0.3 is 4.87 Å². The molecule has 2 aromatic carbocycles. The number of phenolic OH excluding ortho intramolecular Hbond substituents is 1. The molecule has 38 heavy (non-hydrogen) atoms. The molecule has 1 aromatic heterocycles. The van der Waals surface area contributed by atoms with Crippen molar-refractivity contribution >= 4 is 27.5 Å². The summed E-state index contributed by atoms with van der Waals surface area (Å²) < 4.78 is 0.818. The Hall–Kier alpha value is -2.68. The zero-order chi connectivity index (χ0) is 27.0. The lowest BCUT2D eigenvalue weighted by molar-refractivity contribution is -0.134. The number of benzene rings is 2. The number of carbonyl (C=O) groups excluding carboxylic acids is 1. The van der Waals surface area contributed by atoms with E-state index in [1.807, 2.05) is 12.1 Å². The number of amides is 1. The molecule has 0 bridgehead atoms. The predicted octanol–water partition coefficient (Wildman–Crippen LogP) is 4.59. The van der Waals surface area contributed by atoms with Crippen LogP contribution in [0.5, 0.6) is 5.75 Å². The quantitative estimate of drug-likeness (QED) is 0.239. The minimum Gasteiger partial charge on any atom is -0.506 e. The highest BCUT2D eigenvalue weighted by Gasteiger charge is 2.25. The first-order valence-corrected chi connectivity index (χ1v) is 14.8. The van der Waals surface area contributed by atoms with Crippen molar-refractivity contribution in [3.05, 3.63) is 63.3 Å². The molecule has 7 nitrogen and oxygen atoms in total. The van der Waals surface area contributed by atoms with Gasteiger partial charge in [0.05, 0.1) is 4.70 Å². The van der Waals surface area contributed by atoms with Crippen molar-refractivity contribution < 1.29 is 9.90 Å². The van der Waals surface area contributed by atoms with Gasteiger partial charge in [0.2, 0.25) is 5.91 Å². The summed E-state index contributed by atoms with van der Waals surface area (Å²) in [6.45, 7) is 7.25. The summed E-state index contributed by atoms with van der Waals surface area (Å²) in [4.78, 5) is 29.8. The minimum absolute atomic E-state index is 0.0777. The largest absolute Gasteiger partial charge is 0.506 e.